The summed E-state index contributed by atoms with van der Waals surface area (Å²) in [4.78, 5) is 0.0863. The maximum absolute atomic E-state index is 12.2. The Labute approximate surface area is 117 Å². The summed E-state index contributed by atoms with van der Waals surface area (Å²) in [6, 6.07) is 11.6. The molecule has 0 spiro atoms. The molecule has 0 saturated heterocycles. The van der Waals surface area contributed by atoms with Gasteiger partial charge in [0, 0.05) is 5.02 Å². The number of hydrogen-bond acceptors (Lipinski definition) is 3. The number of benzene rings is 2. The maximum atomic E-state index is 12.2. The van der Waals surface area contributed by atoms with Gasteiger partial charge in [0.25, 0.3) is 0 Å². The number of hydrogen-bond donors (Lipinski definition) is 0. The summed E-state index contributed by atoms with van der Waals surface area (Å²) in [5.74, 6) is 0.321. The van der Waals surface area contributed by atoms with E-state index in [2.05, 4.69) is 0 Å². The van der Waals surface area contributed by atoms with E-state index in [1.54, 1.807) is 44.2 Å². The number of halogens is 1. The molecule has 0 N–H and O–H groups in total. The first-order valence-corrected chi connectivity index (χ1v) is 7.45. The van der Waals surface area contributed by atoms with Crippen LogP contribution in [0.1, 0.15) is 11.1 Å². The lowest BCUT2D eigenvalue weighted by Gasteiger charge is -2.11. The minimum Gasteiger partial charge on any atom is -0.379 e. The molecule has 0 fully saturated rings. The molecule has 0 aromatic heterocycles. The van der Waals surface area contributed by atoms with Crippen molar-refractivity contribution < 1.29 is 12.6 Å². The average molecular weight is 297 g/mol. The fourth-order valence-corrected chi connectivity index (χ4v) is 3.14. The molecular formula is C14H13ClO3S. The summed E-state index contributed by atoms with van der Waals surface area (Å²) in [6.07, 6.45) is 0. The van der Waals surface area contributed by atoms with Gasteiger partial charge in [-0.25, -0.2) is 0 Å². The van der Waals surface area contributed by atoms with Gasteiger partial charge in [-0.2, -0.15) is 8.42 Å². The van der Waals surface area contributed by atoms with Crippen molar-refractivity contribution in [3.8, 4) is 5.75 Å². The highest BCUT2D eigenvalue weighted by Crippen LogP contribution is 2.25. The van der Waals surface area contributed by atoms with Crippen molar-refractivity contribution in [2.75, 3.05) is 0 Å². The number of aryl methyl sites for hydroxylation is 2. The molecule has 0 aliphatic heterocycles. The highest BCUT2D eigenvalue weighted by atomic mass is 35.5. The van der Waals surface area contributed by atoms with Crippen molar-refractivity contribution in [1.82, 2.24) is 0 Å². The zero-order valence-corrected chi connectivity index (χ0v) is 12.1. The molecule has 0 heterocycles. The van der Waals surface area contributed by atoms with Crippen LogP contribution in [0.25, 0.3) is 0 Å². The Hall–Kier alpha value is -1.52. The monoisotopic (exact) mass is 296 g/mol. The first-order valence-electron chi connectivity index (χ1n) is 5.66. The summed E-state index contributed by atoms with van der Waals surface area (Å²) in [5.41, 5.74) is 1.35. The molecule has 2 rings (SSSR count). The molecule has 100 valence electrons. The topological polar surface area (TPSA) is 43.4 Å². The van der Waals surface area contributed by atoms with E-state index in [0.717, 1.165) is 5.56 Å². The molecule has 2 aromatic rings. The Morgan fingerprint density at radius 3 is 2.37 bits per heavy atom. The largest absolute Gasteiger partial charge is 0.379 e. The summed E-state index contributed by atoms with van der Waals surface area (Å²) in [5, 5.41) is 0.359. The van der Waals surface area contributed by atoms with Gasteiger partial charge in [-0.15, -0.1) is 0 Å². The third-order valence-electron chi connectivity index (χ3n) is 2.71. The second-order valence-corrected chi connectivity index (χ2v) is 6.16. The van der Waals surface area contributed by atoms with Crippen LogP contribution >= 0.6 is 11.6 Å². The summed E-state index contributed by atoms with van der Waals surface area (Å²) >= 11 is 5.84. The molecule has 5 heteroatoms. The molecule has 0 aliphatic rings. The molecular weight excluding hydrogens is 284 g/mol. The normalized spacial score (nSPS) is 11.3. The first kappa shape index (κ1) is 13.9. The van der Waals surface area contributed by atoms with E-state index >= 15 is 0 Å². The van der Waals surface area contributed by atoms with Gasteiger partial charge in [0.15, 0.2) is 0 Å². The highest BCUT2D eigenvalue weighted by Gasteiger charge is 2.20. The SMILES string of the molecule is Cc1ccccc1OS(=O)(=O)c1cc(Cl)ccc1C. The predicted octanol–water partition coefficient (Wildman–Crippen LogP) is 3.72. The number of rotatable bonds is 3. The number of para-hydroxylation sites is 1. The van der Waals surface area contributed by atoms with Crippen LogP contribution in [0.15, 0.2) is 47.4 Å². The molecule has 0 radical (unpaired) electrons. The third-order valence-corrected chi connectivity index (χ3v) is 4.33. The van der Waals surface area contributed by atoms with Crippen molar-refractivity contribution in [2.45, 2.75) is 18.7 Å². The second kappa shape index (κ2) is 5.23. The van der Waals surface area contributed by atoms with E-state index in [1.165, 1.54) is 6.07 Å². The molecule has 2 aromatic carbocycles. The lowest BCUT2D eigenvalue weighted by atomic mass is 10.2. The predicted molar refractivity (Wildman–Crippen MR) is 75.2 cm³/mol. The maximum Gasteiger partial charge on any atom is 0.339 e. The smallest absolute Gasteiger partial charge is 0.339 e. The Bertz CT molecular complexity index is 708. The van der Waals surface area contributed by atoms with Gasteiger partial charge in [0.2, 0.25) is 0 Å². The Balaban J connectivity index is 2.44. The van der Waals surface area contributed by atoms with Gasteiger partial charge in [-0.3, -0.25) is 0 Å². The van der Waals surface area contributed by atoms with Gasteiger partial charge < -0.3 is 4.18 Å². The van der Waals surface area contributed by atoms with E-state index in [0.29, 0.717) is 16.3 Å². The summed E-state index contributed by atoms with van der Waals surface area (Å²) in [6.45, 7) is 3.49. The van der Waals surface area contributed by atoms with Crippen LogP contribution in [0.2, 0.25) is 5.02 Å². The standard InChI is InChI=1S/C14H13ClO3S/c1-10-5-3-4-6-13(10)18-19(16,17)14-9-12(15)8-7-11(14)2/h3-9H,1-2H3. The van der Waals surface area contributed by atoms with Crippen molar-refractivity contribution in [3.05, 3.63) is 58.6 Å². The highest BCUT2D eigenvalue weighted by molar-refractivity contribution is 7.87. The van der Waals surface area contributed by atoms with Crippen LogP contribution in [-0.4, -0.2) is 8.42 Å². The van der Waals surface area contributed by atoms with E-state index < -0.39 is 10.1 Å². The van der Waals surface area contributed by atoms with Crippen molar-refractivity contribution >= 4 is 21.7 Å². The van der Waals surface area contributed by atoms with Gasteiger partial charge in [-0.05, 0) is 43.2 Å². The van der Waals surface area contributed by atoms with Crippen LogP contribution in [0.4, 0.5) is 0 Å². The van der Waals surface area contributed by atoms with Crippen molar-refractivity contribution in [3.63, 3.8) is 0 Å². The summed E-state index contributed by atoms with van der Waals surface area (Å²) in [7, 11) is -3.87. The Morgan fingerprint density at radius 1 is 1.00 bits per heavy atom. The lowest BCUT2D eigenvalue weighted by molar-refractivity contribution is 0.483. The molecule has 0 atom stereocenters. The molecule has 3 nitrogen and oxygen atoms in total. The van der Waals surface area contributed by atoms with Crippen LogP contribution in [-0.2, 0) is 10.1 Å². The average Bonchev–Trinajstić information content (AvgIpc) is 2.35. The summed E-state index contributed by atoms with van der Waals surface area (Å²) < 4.78 is 29.7. The van der Waals surface area contributed by atoms with Crippen molar-refractivity contribution in [1.29, 1.82) is 0 Å². The zero-order valence-electron chi connectivity index (χ0n) is 10.6. The minimum absolute atomic E-state index is 0.0863. The minimum atomic E-state index is -3.87. The fraction of sp³-hybridized carbons (Fsp3) is 0.143. The Morgan fingerprint density at radius 2 is 1.68 bits per heavy atom. The second-order valence-electron chi connectivity index (χ2n) is 4.21. The molecule has 0 unspecified atom stereocenters. The third kappa shape index (κ3) is 3.08. The quantitative estimate of drug-likeness (QED) is 0.811. The van der Waals surface area contributed by atoms with Crippen molar-refractivity contribution in [2.24, 2.45) is 0 Å². The van der Waals surface area contributed by atoms with E-state index in [-0.39, 0.29) is 4.90 Å². The van der Waals surface area contributed by atoms with Gasteiger partial charge >= 0.3 is 10.1 Å². The molecule has 0 saturated carbocycles. The van der Waals surface area contributed by atoms with Crippen LogP contribution in [0.5, 0.6) is 5.75 Å². The first-order chi connectivity index (χ1) is 8.90. The van der Waals surface area contributed by atoms with E-state index in [4.69, 9.17) is 15.8 Å². The van der Waals surface area contributed by atoms with E-state index in [9.17, 15) is 8.42 Å². The van der Waals surface area contributed by atoms with Crippen LogP contribution in [0.3, 0.4) is 0 Å². The fourth-order valence-electron chi connectivity index (χ4n) is 1.66. The lowest BCUT2D eigenvalue weighted by Crippen LogP contribution is -2.11. The van der Waals surface area contributed by atoms with Gasteiger partial charge in [-0.1, -0.05) is 35.9 Å². The molecule has 0 amide bonds. The Kier molecular flexibility index (Phi) is 3.83. The van der Waals surface area contributed by atoms with E-state index in [1.807, 2.05) is 6.07 Å². The van der Waals surface area contributed by atoms with Crippen LogP contribution < -0.4 is 4.18 Å². The molecule has 19 heavy (non-hydrogen) atoms. The van der Waals surface area contributed by atoms with Crippen LogP contribution in [0, 0.1) is 13.8 Å². The van der Waals surface area contributed by atoms with Gasteiger partial charge in [0.05, 0.1) is 0 Å². The molecule has 0 bridgehead atoms. The molecule has 0 aliphatic carbocycles. The zero-order chi connectivity index (χ0) is 14.0. The van der Waals surface area contributed by atoms with Gasteiger partial charge in [0.1, 0.15) is 10.6 Å².